The van der Waals surface area contributed by atoms with Gasteiger partial charge in [-0.2, -0.15) is 0 Å². The van der Waals surface area contributed by atoms with E-state index < -0.39 is 5.54 Å². The summed E-state index contributed by atoms with van der Waals surface area (Å²) in [5, 5.41) is 2.88. The number of aryl methyl sites for hydroxylation is 1. The van der Waals surface area contributed by atoms with E-state index in [9.17, 15) is 4.79 Å². The number of nitrogens with two attached hydrogens (primary N) is 1. The molecule has 0 aliphatic carbocycles. The number of hydrogen-bond donors (Lipinski definition) is 2. The minimum absolute atomic E-state index is 0.248. The molecule has 0 heterocycles. The third-order valence-corrected chi connectivity index (χ3v) is 3.53. The van der Waals surface area contributed by atoms with Crippen molar-refractivity contribution < 1.29 is 9.53 Å². The number of nitrogens with one attached hydrogen (secondary N) is 1. The van der Waals surface area contributed by atoms with Gasteiger partial charge in [0, 0.05) is 5.69 Å². The fourth-order valence-corrected chi connectivity index (χ4v) is 2.07. The summed E-state index contributed by atoms with van der Waals surface area (Å²) in [5.74, 6) is 0.506. The predicted octanol–water partition coefficient (Wildman–Crippen LogP) is 2.82. The summed E-state index contributed by atoms with van der Waals surface area (Å²) >= 11 is 0. The van der Waals surface area contributed by atoms with Crippen LogP contribution in [0.3, 0.4) is 0 Å². The zero-order valence-corrected chi connectivity index (χ0v) is 12.5. The van der Waals surface area contributed by atoms with Gasteiger partial charge in [-0.25, -0.2) is 0 Å². The first kappa shape index (κ1) is 15.1. The van der Waals surface area contributed by atoms with Crippen molar-refractivity contribution in [3.63, 3.8) is 0 Å². The first-order valence-corrected chi connectivity index (χ1v) is 6.75. The van der Waals surface area contributed by atoms with Crippen LogP contribution in [0.5, 0.6) is 5.75 Å². The highest BCUT2D eigenvalue weighted by Crippen LogP contribution is 2.24. The van der Waals surface area contributed by atoms with E-state index >= 15 is 0 Å². The maximum Gasteiger partial charge on any atom is 0.248 e. The molecular formula is C17H20N2O2. The lowest BCUT2D eigenvalue weighted by Gasteiger charge is -2.24. The Bertz CT molecular complexity index is 636. The minimum Gasteiger partial charge on any atom is -0.497 e. The molecule has 110 valence electrons. The molecule has 1 amide bonds. The Balaban J connectivity index is 2.21. The van der Waals surface area contributed by atoms with Crippen LogP contribution in [0.25, 0.3) is 0 Å². The Morgan fingerprint density at radius 2 is 1.86 bits per heavy atom. The van der Waals surface area contributed by atoms with Gasteiger partial charge in [0.05, 0.1) is 7.11 Å². The van der Waals surface area contributed by atoms with Gasteiger partial charge in [-0.15, -0.1) is 0 Å². The number of carbonyl (C=O) groups is 1. The second-order valence-electron chi connectivity index (χ2n) is 5.20. The number of rotatable bonds is 4. The van der Waals surface area contributed by atoms with Crippen molar-refractivity contribution in [1.82, 2.24) is 0 Å². The highest BCUT2D eigenvalue weighted by Gasteiger charge is 2.30. The standard InChI is InChI=1S/C17H20N2O2/c1-12-11-14(21-3)9-10-15(12)19-16(20)17(2,18)13-7-5-4-6-8-13/h4-11H,18H2,1-3H3,(H,19,20). The molecule has 0 aliphatic heterocycles. The van der Waals surface area contributed by atoms with Crippen LogP contribution in [-0.4, -0.2) is 13.0 Å². The molecule has 4 nitrogen and oxygen atoms in total. The van der Waals surface area contributed by atoms with E-state index in [1.807, 2.05) is 49.4 Å². The number of benzene rings is 2. The maximum atomic E-state index is 12.5. The Labute approximate surface area is 124 Å². The molecule has 0 aliphatic rings. The highest BCUT2D eigenvalue weighted by atomic mass is 16.5. The maximum absolute atomic E-state index is 12.5. The normalized spacial score (nSPS) is 13.3. The zero-order valence-electron chi connectivity index (χ0n) is 12.5. The van der Waals surface area contributed by atoms with E-state index in [1.54, 1.807) is 20.1 Å². The summed E-state index contributed by atoms with van der Waals surface area (Å²) in [7, 11) is 1.61. The lowest BCUT2D eigenvalue weighted by atomic mass is 9.92. The largest absolute Gasteiger partial charge is 0.497 e. The molecule has 0 saturated heterocycles. The molecule has 0 radical (unpaired) electrons. The van der Waals surface area contributed by atoms with E-state index in [4.69, 9.17) is 10.5 Å². The van der Waals surface area contributed by atoms with E-state index in [1.165, 1.54) is 0 Å². The van der Waals surface area contributed by atoms with Gasteiger partial charge in [0.15, 0.2) is 0 Å². The fourth-order valence-electron chi connectivity index (χ4n) is 2.07. The molecule has 2 rings (SSSR count). The molecule has 21 heavy (non-hydrogen) atoms. The van der Waals surface area contributed by atoms with Crippen LogP contribution >= 0.6 is 0 Å². The Morgan fingerprint density at radius 1 is 1.19 bits per heavy atom. The van der Waals surface area contributed by atoms with Crippen LogP contribution in [0.1, 0.15) is 18.1 Å². The topological polar surface area (TPSA) is 64.3 Å². The van der Waals surface area contributed by atoms with Crippen molar-refractivity contribution in [1.29, 1.82) is 0 Å². The van der Waals surface area contributed by atoms with Crippen LogP contribution in [0, 0.1) is 6.92 Å². The van der Waals surface area contributed by atoms with Gasteiger partial charge in [-0.1, -0.05) is 30.3 Å². The molecule has 1 unspecified atom stereocenters. The van der Waals surface area contributed by atoms with Crippen LogP contribution in [0.4, 0.5) is 5.69 Å². The molecule has 0 saturated carbocycles. The van der Waals surface area contributed by atoms with Gasteiger partial charge >= 0.3 is 0 Å². The van der Waals surface area contributed by atoms with Crippen molar-refractivity contribution in [2.75, 3.05) is 12.4 Å². The summed E-state index contributed by atoms with van der Waals surface area (Å²) in [6, 6.07) is 14.8. The molecule has 2 aromatic rings. The molecule has 0 spiro atoms. The molecule has 0 bridgehead atoms. The van der Waals surface area contributed by atoms with E-state index in [2.05, 4.69) is 5.32 Å². The van der Waals surface area contributed by atoms with Crippen LogP contribution in [0.2, 0.25) is 0 Å². The number of anilines is 1. The van der Waals surface area contributed by atoms with Gasteiger partial charge in [0.2, 0.25) is 5.91 Å². The van der Waals surface area contributed by atoms with Gasteiger partial charge in [-0.05, 0) is 43.2 Å². The molecule has 4 heteroatoms. The third kappa shape index (κ3) is 3.23. The number of methoxy groups -OCH3 is 1. The van der Waals surface area contributed by atoms with Crippen molar-refractivity contribution >= 4 is 11.6 Å². The van der Waals surface area contributed by atoms with E-state index in [-0.39, 0.29) is 5.91 Å². The second-order valence-corrected chi connectivity index (χ2v) is 5.20. The first-order valence-electron chi connectivity index (χ1n) is 6.75. The fraction of sp³-hybridized carbons (Fsp3) is 0.235. The average molecular weight is 284 g/mol. The second kappa shape index (κ2) is 5.97. The number of carbonyl (C=O) groups excluding carboxylic acids is 1. The third-order valence-electron chi connectivity index (χ3n) is 3.53. The van der Waals surface area contributed by atoms with Crippen molar-refractivity contribution in [2.45, 2.75) is 19.4 Å². The lowest BCUT2D eigenvalue weighted by Crippen LogP contribution is -2.45. The average Bonchev–Trinajstić information content (AvgIpc) is 2.50. The predicted molar refractivity (Wildman–Crippen MR) is 84.3 cm³/mol. The SMILES string of the molecule is COc1ccc(NC(=O)C(C)(N)c2ccccc2)c(C)c1. The van der Waals surface area contributed by atoms with Gasteiger partial charge in [-0.3, -0.25) is 4.79 Å². The number of ether oxygens (including phenoxy) is 1. The van der Waals surface area contributed by atoms with Gasteiger partial charge in [0.25, 0.3) is 0 Å². The van der Waals surface area contributed by atoms with Gasteiger partial charge in [0.1, 0.15) is 11.3 Å². The summed E-state index contributed by atoms with van der Waals surface area (Å²) in [6.45, 7) is 3.62. The molecule has 0 fully saturated rings. The molecule has 2 aromatic carbocycles. The quantitative estimate of drug-likeness (QED) is 0.907. The molecule has 1 atom stereocenters. The van der Waals surface area contributed by atoms with Crippen LogP contribution in [0.15, 0.2) is 48.5 Å². The van der Waals surface area contributed by atoms with Crippen LogP contribution in [-0.2, 0) is 10.3 Å². The smallest absolute Gasteiger partial charge is 0.248 e. The number of amides is 1. The monoisotopic (exact) mass is 284 g/mol. The zero-order chi connectivity index (χ0) is 15.5. The summed E-state index contributed by atoms with van der Waals surface area (Å²) in [6.07, 6.45) is 0. The van der Waals surface area contributed by atoms with Crippen molar-refractivity contribution in [2.24, 2.45) is 5.73 Å². The van der Waals surface area contributed by atoms with Crippen LogP contribution < -0.4 is 15.8 Å². The minimum atomic E-state index is -1.09. The Morgan fingerprint density at radius 3 is 2.43 bits per heavy atom. The Hall–Kier alpha value is -2.33. The number of hydrogen-bond acceptors (Lipinski definition) is 3. The summed E-state index contributed by atoms with van der Waals surface area (Å²) in [4.78, 5) is 12.5. The summed E-state index contributed by atoms with van der Waals surface area (Å²) in [5.41, 5.74) is 7.53. The van der Waals surface area contributed by atoms with Crippen molar-refractivity contribution in [3.05, 3.63) is 59.7 Å². The van der Waals surface area contributed by atoms with Gasteiger partial charge < -0.3 is 15.8 Å². The molecule has 3 N–H and O–H groups in total. The van der Waals surface area contributed by atoms with E-state index in [0.717, 1.165) is 22.6 Å². The Kier molecular flexibility index (Phi) is 4.29. The summed E-state index contributed by atoms with van der Waals surface area (Å²) < 4.78 is 5.15. The highest BCUT2D eigenvalue weighted by molar-refractivity contribution is 5.98. The molecular weight excluding hydrogens is 264 g/mol. The molecule has 0 aromatic heterocycles. The first-order chi connectivity index (χ1) is 9.95. The lowest BCUT2D eigenvalue weighted by molar-refractivity contribution is -0.120. The van der Waals surface area contributed by atoms with Crippen molar-refractivity contribution in [3.8, 4) is 5.75 Å². The van der Waals surface area contributed by atoms with E-state index in [0.29, 0.717) is 0 Å².